The second kappa shape index (κ2) is 12.2. The molecule has 4 nitrogen and oxygen atoms in total. The Morgan fingerprint density at radius 1 is 0.639 bits per heavy atom. The molecule has 0 amide bonds. The number of benzene rings is 4. The third kappa shape index (κ3) is 7.54. The van der Waals surface area contributed by atoms with Crippen molar-refractivity contribution >= 4 is 0 Å². The molecule has 0 radical (unpaired) electrons. The number of aryl methyl sites for hydroxylation is 2. The minimum Gasteiger partial charge on any atom is -0.508 e. The maximum absolute atomic E-state index is 9.67. The third-order valence-corrected chi connectivity index (χ3v) is 6.02. The summed E-state index contributed by atoms with van der Waals surface area (Å²) in [5, 5.41) is 9.67. The lowest BCUT2D eigenvalue weighted by Crippen LogP contribution is -2.15. The minimum atomic E-state index is -0.188. The summed E-state index contributed by atoms with van der Waals surface area (Å²) < 4.78 is 18.4. The topological polar surface area (TPSA) is 47.9 Å². The van der Waals surface area contributed by atoms with Gasteiger partial charge in [0.25, 0.3) is 0 Å². The quantitative estimate of drug-likeness (QED) is 0.239. The van der Waals surface area contributed by atoms with Crippen molar-refractivity contribution in [1.82, 2.24) is 0 Å². The summed E-state index contributed by atoms with van der Waals surface area (Å²) in [6, 6.07) is 31.5. The van der Waals surface area contributed by atoms with Crippen LogP contribution in [0.4, 0.5) is 0 Å². The average Bonchev–Trinajstić information content (AvgIpc) is 2.88. The molecule has 0 fully saturated rings. The van der Waals surface area contributed by atoms with Crippen molar-refractivity contribution < 1.29 is 19.3 Å². The van der Waals surface area contributed by atoms with E-state index in [0.717, 1.165) is 29.2 Å². The van der Waals surface area contributed by atoms with Gasteiger partial charge in [-0.1, -0.05) is 59.7 Å². The molecule has 2 atom stereocenters. The molecule has 4 aromatic carbocycles. The van der Waals surface area contributed by atoms with E-state index in [-0.39, 0.29) is 18.0 Å². The van der Waals surface area contributed by atoms with Crippen LogP contribution in [-0.2, 0) is 6.42 Å². The zero-order chi connectivity index (χ0) is 25.3. The third-order valence-electron chi connectivity index (χ3n) is 6.02. The predicted octanol–water partition coefficient (Wildman–Crippen LogP) is 7.61. The Bertz CT molecular complexity index is 1200. The highest BCUT2D eigenvalue weighted by molar-refractivity contribution is 5.31. The van der Waals surface area contributed by atoms with E-state index in [1.807, 2.05) is 60.7 Å². The van der Waals surface area contributed by atoms with Crippen LogP contribution in [0.25, 0.3) is 0 Å². The van der Waals surface area contributed by atoms with Crippen molar-refractivity contribution in [2.75, 3.05) is 6.61 Å². The molecule has 0 unspecified atom stereocenters. The standard InChI is InChI=1S/C32H34O4/c1-23-4-14-30(15-5-23)35-25(3)22-26-8-18-29(19-9-26)34-21-20-32(27-10-12-28(33)13-11-27)36-31-16-6-24(2)7-17-31/h4-19,25,32-33H,20-22H2,1-3H3/t25-,32-/m0/s1. The van der Waals surface area contributed by atoms with Gasteiger partial charge in [0, 0.05) is 12.8 Å². The molecule has 0 saturated heterocycles. The number of ether oxygens (including phenoxy) is 3. The van der Waals surface area contributed by atoms with Crippen molar-refractivity contribution in [1.29, 1.82) is 0 Å². The summed E-state index contributed by atoms with van der Waals surface area (Å²) in [6.45, 7) is 6.71. The largest absolute Gasteiger partial charge is 0.508 e. The maximum Gasteiger partial charge on any atom is 0.127 e. The number of hydrogen-bond acceptors (Lipinski definition) is 4. The summed E-state index contributed by atoms with van der Waals surface area (Å²) >= 11 is 0. The van der Waals surface area contributed by atoms with Gasteiger partial charge in [-0.15, -0.1) is 0 Å². The Hall–Kier alpha value is -3.92. The molecule has 0 aromatic heterocycles. The summed E-state index contributed by atoms with van der Waals surface area (Å²) in [4.78, 5) is 0. The van der Waals surface area contributed by atoms with Crippen LogP contribution in [0.3, 0.4) is 0 Å². The monoisotopic (exact) mass is 482 g/mol. The zero-order valence-electron chi connectivity index (χ0n) is 21.2. The molecule has 186 valence electrons. The number of phenolic OH excluding ortho intramolecular Hbond substituents is 1. The summed E-state index contributed by atoms with van der Waals surface area (Å²) in [5.41, 5.74) is 4.61. The fraction of sp³-hybridized carbons (Fsp3) is 0.250. The summed E-state index contributed by atoms with van der Waals surface area (Å²) in [7, 11) is 0. The van der Waals surface area contributed by atoms with Crippen LogP contribution >= 0.6 is 0 Å². The molecule has 0 spiro atoms. The lowest BCUT2D eigenvalue weighted by Gasteiger charge is -2.20. The van der Waals surface area contributed by atoms with Gasteiger partial charge in [-0.25, -0.2) is 0 Å². The Labute approximate surface area is 214 Å². The Morgan fingerprint density at radius 3 is 1.75 bits per heavy atom. The van der Waals surface area contributed by atoms with Crippen LogP contribution in [-0.4, -0.2) is 17.8 Å². The van der Waals surface area contributed by atoms with Gasteiger partial charge >= 0.3 is 0 Å². The van der Waals surface area contributed by atoms with Crippen molar-refractivity contribution in [2.24, 2.45) is 0 Å². The minimum absolute atomic E-state index is 0.0736. The molecule has 4 aromatic rings. The molecule has 36 heavy (non-hydrogen) atoms. The van der Waals surface area contributed by atoms with E-state index >= 15 is 0 Å². The molecule has 0 saturated carbocycles. The van der Waals surface area contributed by atoms with E-state index in [2.05, 4.69) is 45.0 Å². The summed E-state index contributed by atoms with van der Waals surface area (Å²) in [6.07, 6.45) is 1.38. The van der Waals surface area contributed by atoms with Gasteiger partial charge in [-0.3, -0.25) is 0 Å². The van der Waals surface area contributed by atoms with E-state index in [1.54, 1.807) is 12.1 Å². The van der Waals surface area contributed by atoms with Gasteiger partial charge in [0.1, 0.15) is 29.1 Å². The molecule has 1 N–H and O–H groups in total. The molecule has 0 bridgehead atoms. The highest BCUT2D eigenvalue weighted by Crippen LogP contribution is 2.27. The van der Waals surface area contributed by atoms with Crippen molar-refractivity contribution in [3.8, 4) is 23.0 Å². The molecule has 0 aliphatic carbocycles. The second-order valence-corrected chi connectivity index (χ2v) is 9.24. The first-order valence-corrected chi connectivity index (χ1v) is 12.4. The van der Waals surface area contributed by atoms with E-state index in [1.165, 1.54) is 16.7 Å². The Morgan fingerprint density at radius 2 is 1.17 bits per heavy atom. The van der Waals surface area contributed by atoms with E-state index in [9.17, 15) is 5.11 Å². The van der Waals surface area contributed by atoms with Crippen LogP contribution in [0.2, 0.25) is 0 Å². The van der Waals surface area contributed by atoms with Gasteiger partial charge in [0.2, 0.25) is 0 Å². The lowest BCUT2D eigenvalue weighted by atomic mass is 10.1. The smallest absolute Gasteiger partial charge is 0.127 e. The van der Waals surface area contributed by atoms with Crippen LogP contribution < -0.4 is 14.2 Å². The van der Waals surface area contributed by atoms with Crippen molar-refractivity contribution in [3.63, 3.8) is 0 Å². The maximum atomic E-state index is 9.67. The van der Waals surface area contributed by atoms with Gasteiger partial charge < -0.3 is 19.3 Å². The van der Waals surface area contributed by atoms with Crippen molar-refractivity contribution in [2.45, 2.75) is 45.8 Å². The van der Waals surface area contributed by atoms with Gasteiger partial charge in [0.05, 0.1) is 12.7 Å². The van der Waals surface area contributed by atoms with E-state index in [0.29, 0.717) is 13.0 Å². The number of hydrogen-bond donors (Lipinski definition) is 1. The van der Waals surface area contributed by atoms with Crippen molar-refractivity contribution in [3.05, 3.63) is 119 Å². The number of phenols is 1. The SMILES string of the molecule is Cc1ccc(O[C@@H](CCOc2ccc(C[C@H](C)Oc3ccc(C)cc3)cc2)c2ccc(O)cc2)cc1. The Kier molecular flexibility index (Phi) is 8.51. The van der Waals surface area contributed by atoms with E-state index < -0.39 is 0 Å². The van der Waals surface area contributed by atoms with Crippen LogP contribution in [0.1, 0.15) is 41.7 Å². The van der Waals surface area contributed by atoms with Crippen LogP contribution in [0.15, 0.2) is 97.1 Å². The first-order chi connectivity index (χ1) is 17.4. The first-order valence-electron chi connectivity index (χ1n) is 12.4. The zero-order valence-corrected chi connectivity index (χ0v) is 21.2. The molecule has 4 heteroatoms. The first kappa shape index (κ1) is 25.2. The average molecular weight is 483 g/mol. The van der Waals surface area contributed by atoms with E-state index in [4.69, 9.17) is 14.2 Å². The molecule has 0 aliphatic heterocycles. The molecule has 0 aliphatic rings. The summed E-state index contributed by atoms with van der Waals surface area (Å²) in [5.74, 6) is 2.77. The molecular weight excluding hydrogens is 448 g/mol. The lowest BCUT2D eigenvalue weighted by molar-refractivity contribution is 0.163. The van der Waals surface area contributed by atoms with Crippen LogP contribution in [0, 0.1) is 13.8 Å². The predicted molar refractivity (Wildman–Crippen MR) is 144 cm³/mol. The number of rotatable bonds is 11. The van der Waals surface area contributed by atoms with Gasteiger partial charge in [0.15, 0.2) is 0 Å². The highest BCUT2D eigenvalue weighted by Gasteiger charge is 2.15. The molecular formula is C32H34O4. The second-order valence-electron chi connectivity index (χ2n) is 9.24. The fourth-order valence-electron chi connectivity index (χ4n) is 3.99. The highest BCUT2D eigenvalue weighted by atomic mass is 16.5. The number of aromatic hydroxyl groups is 1. The fourth-order valence-corrected chi connectivity index (χ4v) is 3.99. The molecule has 4 rings (SSSR count). The van der Waals surface area contributed by atoms with Gasteiger partial charge in [-0.05, 0) is 80.4 Å². The normalized spacial score (nSPS) is 12.5. The van der Waals surface area contributed by atoms with Crippen LogP contribution in [0.5, 0.6) is 23.0 Å². The Balaban J connectivity index is 1.31. The van der Waals surface area contributed by atoms with Gasteiger partial charge in [-0.2, -0.15) is 0 Å². The molecule has 0 heterocycles.